The van der Waals surface area contributed by atoms with Crippen molar-refractivity contribution in [3.8, 4) is 0 Å². The van der Waals surface area contributed by atoms with Crippen LogP contribution in [-0.2, 0) is 0 Å². The Morgan fingerprint density at radius 1 is 1.05 bits per heavy atom. The van der Waals surface area contributed by atoms with Crippen molar-refractivity contribution in [2.45, 2.75) is 40.0 Å². The van der Waals surface area contributed by atoms with Crippen LogP contribution in [0.25, 0.3) is 0 Å². The monoisotopic (exact) mass is 252 g/mol. The molecule has 3 unspecified atom stereocenters. The van der Waals surface area contributed by atoms with E-state index in [0.717, 1.165) is 5.92 Å². The largest absolute Gasteiger partial charge is 0.0730 e. The van der Waals surface area contributed by atoms with Crippen molar-refractivity contribution < 1.29 is 0 Å². The van der Waals surface area contributed by atoms with E-state index in [1.807, 2.05) is 0 Å². The molecule has 1 fully saturated rings. The first-order chi connectivity index (χ1) is 8.97. The number of rotatable bonds is 1. The van der Waals surface area contributed by atoms with Gasteiger partial charge in [-0.15, -0.1) is 0 Å². The lowest BCUT2D eigenvalue weighted by Crippen LogP contribution is -2.08. The van der Waals surface area contributed by atoms with Crippen LogP contribution in [0, 0.1) is 17.3 Å². The minimum atomic E-state index is 0.276. The van der Waals surface area contributed by atoms with Crippen molar-refractivity contribution >= 4 is 0 Å². The van der Waals surface area contributed by atoms with Crippen LogP contribution in [0.2, 0.25) is 0 Å². The molecule has 3 rings (SSSR count). The first-order valence-electron chi connectivity index (χ1n) is 7.45. The zero-order valence-electron chi connectivity index (χ0n) is 12.5. The van der Waals surface area contributed by atoms with Gasteiger partial charge < -0.3 is 0 Å². The van der Waals surface area contributed by atoms with Crippen LogP contribution < -0.4 is 0 Å². The smallest absolute Gasteiger partial charge is 0.00576 e. The van der Waals surface area contributed by atoms with E-state index >= 15 is 0 Å². The normalized spacial score (nSPS) is 30.0. The minimum absolute atomic E-state index is 0.276. The minimum Gasteiger partial charge on any atom is -0.0730 e. The summed E-state index contributed by atoms with van der Waals surface area (Å²) in [5.74, 6) is 2.06. The summed E-state index contributed by atoms with van der Waals surface area (Å²) >= 11 is 0. The Hall–Kier alpha value is -1.30. The average molecular weight is 252 g/mol. The fraction of sp³-hybridized carbons (Fsp3) is 0.474. The molecule has 0 radical (unpaired) electrons. The van der Waals surface area contributed by atoms with Crippen LogP contribution in [0.15, 0.2) is 53.6 Å². The van der Waals surface area contributed by atoms with Gasteiger partial charge in [-0.2, -0.15) is 0 Å². The molecule has 0 saturated heterocycles. The predicted octanol–water partition coefficient (Wildman–Crippen LogP) is 5.34. The quantitative estimate of drug-likeness (QED) is 0.633. The van der Waals surface area contributed by atoms with E-state index in [1.54, 1.807) is 5.57 Å². The highest BCUT2D eigenvalue weighted by molar-refractivity contribution is 5.45. The maximum atomic E-state index is 2.54. The second kappa shape index (κ2) is 4.37. The number of allylic oxidation sites excluding steroid dienone is 4. The fourth-order valence-electron chi connectivity index (χ4n) is 3.61. The third kappa shape index (κ3) is 2.18. The molecule has 0 aromatic heterocycles. The van der Waals surface area contributed by atoms with Crippen LogP contribution in [0.3, 0.4) is 0 Å². The van der Waals surface area contributed by atoms with Crippen molar-refractivity contribution in [3.05, 3.63) is 59.2 Å². The summed E-state index contributed by atoms with van der Waals surface area (Å²) in [5.41, 5.74) is 4.98. The number of fused-ring (bicyclic) bond motifs is 1. The summed E-state index contributed by atoms with van der Waals surface area (Å²) < 4.78 is 0. The van der Waals surface area contributed by atoms with Gasteiger partial charge in [-0.25, -0.2) is 0 Å². The van der Waals surface area contributed by atoms with Gasteiger partial charge in [-0.3, -0.25) is 0 Å². The Labute approximate surface area is 117 Å². The highest BCUT2D eigenvalue weighted by Gasteiger charge is 2.39. The van der Waals surface area contributed by atoms with Crippen LogP contribution in [0.4, 0.5) is 0 Å². The Bertz CT molecular complexity index is 525. The Morgan fingerprint density at radius 3 is 2.37 bits per heavy atom. The summed E-state index contributed by atoms with van der Waals surface area (Å²) in [6.07, 6.45) is 6.32. The van der Waals surface area contributed by atoms with Gasteiger partial charge in [0.2, 0.25) is 0 Å². The van der Waals surface area contributed by atoms with E-state index in [1.165, 1.54) is 17.6 Å². The summed E-state index contributed by atoms with van der Waals surface area (Å²) in [6, 6.07) is 11.0. The Morgan fingerprint density at radius 2 is 1.74 bits per heavy atom. The molecular formula is C19H24. The van der Waals surface area contributed by atoms with Gasteiger partial charge in [-0.1, -0.05) is 75.8 Å². The van der Waals surface area contributed by atoms with Crippen LogP contribution in [-0.4, -0.2) is 0 Å². The molecule has 0 heterocycles. The lowest BCUT2D eigenvalue weighted by atomic mass is 9.84. The molecule has 0 heteroatoms. The topological polar surface area (TPSA) is 0 Å². The van der Waals surface area contributed by atoms with E-state index in [-0.39, 0.29) is 5.41 Å². The van der Waals surface area contributed by atoms with E-state index in [4.69, 9.17) is 0 Å². The molecule has 0 bridgehead atoms. The molecule has 1 aromatic carbocycles. The lowest BCUT2D eigenvalue weighted by Gasteiger charge is -2.20. The maximum absolute atomic E-state index is 2.54. The summed E-state index contributed by atoms with van der Waals surface area (Å²) in [5, 5.41) is 0. The second-order valence-electron chi connectivity index (χ2n) is 7.20. The number of benzene rings is 1. The highest BCUT2D eigenvalue weighted by atomic mass is 14.4. The molecule has 0 aliphatic heterocycles. The number of hydrogen-bond donors (Lipinski definition) is 0. The maximum Gasteiger partial charge on any atom is 0.00576 e. The van der Waals surface area contributed by atoms with Crippen LogP contribution in [0.5, 0.6) is 0 Å². The Kier molecular flexibility index (Phi) is 2.92. The zero-order chi connectivity index (χ0) is 13.6. The molecule has 100 valence electrons. The molecule has 2 aliphatic carbocycles. The third-order valence-electron chi connectivity index (χ3n) is 4.77. The number of hydrogen-bond acceptors (Lipinski definition) is 0. The summed E-state index contributed by atoms with van der Waals surface area (Å²) in [6.45, 7) is 9.35. The van der Waals surface area contributed by atoms with E-state index < -0.39 is 0 Å². The lowest BCUT2D eigenvalue weighted by molar-refractivity contribution is 0.511. The standard InChI is InChI=1S/C19H24/c1-13-10-17(14-8-6-5-7-9-14)18-12-15(11-16(13)18)19(2,3)4/h5-9,11-13,17-18H,10H2,1-4H3. The van der Waals surface area contributed by atoms with Crippen LogP contribution >= 0.6 is 0 Å². The van der Waals surface area contributed by atoms with Crippen LogP contribution in [0.1, 0.15) is 45.6 Å². The van der Waals surface area contributed by atoms with Gasteiger partial charge in [0.1, 0.15) is 0 Å². The van der Waals surface area contributed by atoms with E-state index in [9.17, 15) is 0 Å². The van der Waals surface area contributed by atoms with Gasteiger partial charge >= 0.3 is 0 Å². The average Bonchev–Trinajstić information content (AvgIpc) is 2.91. The third-order valence-corrected chi connectivity index (χ3v) is 4.77. The second-order valence-corrected chi connectivity index (χ2v) is 7.20. The van der Waals surface area contributed by atoms with Crippen molar-refractivity contribution in [2.24, 2.45) is 17.3 Å². The van der Waals surface area contributed by atoms with Gasteiger partial charge in [-0.05, 0) is 34.8 Å². The fourth-order valence-corrected chi connectivity index (χ4v) is 3.61. The molecule has 1 aromatic rings. The van der Waals surface area contributed by atoms with Crippen molar-refractivity contribution in [2.75, 3.05) is 0 Å². The van der Waals surface area contributed by atoms with E-state index in [2.05, 4.69) is 70.2 Å². The zero-order valence-corrected chi connectivity index (χ0v) is 12.5. The molecule has 1 saturated carbocycles. The van der Waals surface area contributed by atoms with Gasteiger partial charge in [0.05, 0.1) is 0 Å². The first-order valence-corrected chi connectivity index (χ1v) is 7.45. The predicted molar refractivity (Wildman–Crippen MR) is 82.1 cm³/mol. The Balaban J connectivity index is 1.96. The molecule has 0 nitrogen and oxygen atoms in total. The van der Waals surface area contributed by atoms with Gasteiger partial charge in [0.25, 0.3) is 0 Å². The van der Waals surface area contributed by atoms with Gasteiger partial charge in [0.15, 0.2) is 0 Å². The summed E-state index contributed by atoms with van der Waals surface area (Å²) in [7, 11) is 0. The first kappa shape index (κ1) is 12.7. The molecule has 2 aliphatic rings. The molecule has 0 spiro atoms. The molecule has 0 amide bonds. The SMILES string of the molecule is CC1CC(c2ccccc2)C2C=C(C(C)(C)C)C=C12. The van der Waals surface area contributed by atoms with Crippen molar-refractivity contribution in [1.29, 1.82) is 0 Å². The van der Waals surface area contributed by atoms with Gasteiger partial charge in [0, 0.05) is 5.92 Å². The van der Waals surface area contributed by atoms with E-state index in [0.29, 0.717) is 11.8 Å². The van der Waals surface area contributed by atoms with Crippen molar-refractivity contribution in [3.63, 3.8) is 0 Å². The molecular weight excluding hydrogens is 228 g/mol. The molecule has 3 atom stereocenters. The van der Waals surface area contributed by atoms with Crippen molar-refractivity contribution in [1.82, 2.24) is 0 Å². The summed E-state index contributed by atoms with van der Waals surface area (Å²) in [4.78, 5) is 0. The highest BCUT2D eigenvalue weighted by Crippen LogP contribution is 2.52. The molecule has 19 heavy (non-hydrogen) atoms. The molecule has 0 N–H and O–H groups in total.